The molecule has 3 aliphatic rings. The Hall–Kier alpha value is -3.67. The summed E-state index contributed by atoms with van der Waals surface area (Å²) < 4.78 is 17.5. The molecule has 1 atom stereocenters. The van der Waals surface area contributed by atoms with Gasteiger partial charge < -0.3 is 24.2 Å². The number of phenols is 1. The molecule has 0 fully saturated rings. The van der Waals surface area contributed by atoms with Gasteiger partial charge in [-0.15, -0.1) is 0 Å². The van der Waals surface area contributed by atoms with Gasteiger partial charge in [0.25, 0.3) is 0 Å². The molecule has 3 aromatic rings. The molecule has 1 N–H and O–H groups in total. The van der Waals surface area contributed by atoms with E-state index in [-0.39, 0.29) is 18.3 Å². The van der Waals surface area contributed by atoms with E-state index in [9.17, 15) is 9.90 Å². The predicted octanol–water partition coefficient (Wildman–Crippen LogP) is 3.39. The number of anilines is 1. The molecule has 0 saturated heterocycles. The number of amides is 1. The second-order valence-corrected chi connectivity index (χ2v) is 7.76. The number of para-hydroxylation sites is 1. The SMILES string of the molecule is O=C1N(Cc2ccc(O)cc2)c2ccccc2C12COc1cc3c(cc12)OCCO3. The maximum Gasteiger partial charge on any atom is 0.246 e. The van der Waals surface area contributed by atoms with Crippen LogP contribution in [-0.2, 0) is 16.8 Å². The summed E-state index contributed by atoms with van der Waals surface area (Å²) in [6.45, 7) is 1.64. The van der Waals surface area contributed by atoms with E-state index in [2.05, 4.69) is 0 Å². The second kappa shape index (κ2) is 6.16. The van der Waals surface area contributed by atoms with E-state index in [1.54, 1.807) is 17.0 Å². The molecule has 0 saturated carbocycles. The van der Waals surface area contributed by atoms with Gasteiger partial charge in [-0.25, -0.2) is 0 Å². The standard InChI is InChI=1S/C24H19NO5/c26-16-7-5-15(6-8-16)13-25-19-4-2-1-3-17(19)24(23(25)27)14-30-20-12-22-21(11-18(20)24)28-9-10-29-22/h1-8,11-12,26H,9-10,13-14H2. The molecule has 3 aromatic carbocycles. The van der Waals surface area contributed by atoms with E-state index in [1.165, 1.54) is 0 Å². The Morgan fingerprint density at radius 2 is 1.60 bits per heavy atom. The van der Waals surface area contributed by atoms with Crippen LogP contribution in [0.15, 0.2) is 60.7 Å². The number of hydrogen-bond acceptors (Lipinski definition) is 5. The summed E-state index contributed by atoms with van der Waals surface area (Å²) in [6, 6.07) is 18.5. The van der Waals surface area contributed by atoms with Gasteiger partial charge in [0.15, 0.2) is 11.5 Å². The molecule has 1 spiro atoms. The van der Waals surface area contributed by atoms with Crippen molar-refractivity contribution in [3.05, 3.63) is 77.4 Å². The lowest BCUT2D eigenvalue weighted by Crippen LogP contribution is -2.42. The van der Waals surface area contributed by atoms with Crippen molar-refractivity contribution in [1.82, 2.24) is 0 Å². The van der Waals surface area contributed by atoms with Crippen LogP contribution in [0.25, 0.3) is 0 Å². The number of carbonyl (C=O) groups is 1. The Bertz CT molecular complexity index is 1170. The van der Waals surface area contributed by atoms with Gasteiger partial charge in [-0.1, -0.05) is 30.3 Å². The summed E-state index contributed by atoms with van der Waals surface area (Å²) in [6.07, 6.45) is 0. The van der Waals surface area contributed by atoms with Crippen LogP contribution in [0.2, 0.25) is 0 Å². The molecule has 1 amide bonds. The Balaban J connectivity index is 1.48. The van der Waals surface area contributed by atoms with Crippen molar-refractivity contribution in [3.8, 4) is 23.0 Å². The first kappa shape index (κ1) is 17.2. The zero-order valence-electron chi connectivity index (χ0n) is 16.1. The summed E-state index contributed by atoms with van der Waals surface area (Å²) in [7, 11) is 0. The number of rotatable bonds is 2. The third-order valence-electron chi connectivity index (χ3n) is 6.09. The zero-order valence-corrected chi connectivity index (χ0v) is 16.1. The number of phenolic OH excluding ortho intramolecular Hbond substituents is 1. The molecule has 30 heavy (non-hydrogen) atoms. The van der Waals surface area contributed by atoms with Gasteiger partial charge in [0.2, 0.25) is 5.91 Å². The van der Waals surface area contributed by atoms with Crippen molar-refractivity contribution in [1.29, 1.82) is 0 Å². The lowest BCUT2D eigenvalue weighted by molar-refractivity contribution is -0.122. The second-order valence-electron chi connectivity index (χ2n) is 7.76. The summed E-state index contributed by atoms with van der Waals surface area (Å²) in [5, 5.41) is 9.58. The molecular formula is C24H19NO5. The molecule has 150 valence electrons. The average Bonchev–Trinajstić information content (AvgIpc) is 3.26. The van der Waals surface area contributed by atoms with E-state index in [1.807, 2.05) is 48.5 Å². The Morgan fingerprint density at radius 3 is 2.40 bits per heavy atom. The molecule has 3 heterocycles. The summed E-state index contributed by atoms with van der Waals surface area (Å²) in [5.74, 6) is 2.14. The Kier molecular flexibility index (Phi) is 3.53. The van der Waals surface area contributed by atoms with Crippen LogP contribution in [0.5, 0.6) is 23.0 Å². The lowest BCUT2D eigenvalue weighted by Gasteiger charge is -2.24. The Labute approximate surface area is 173 Å². The minimum atomic E-state index is -0.904. The third kappa shape index (κ3) is 2.27. The highest BCUT2D eigenvalue weighted by atomic mass is 16.6. The van der Waals surface area contributed by atoms with Crippen molar-refractivity contribution in [2.24, 2.45) is 0 Å². The van der Waals surface area contributed by atoms with Crippen molar-refractivity contribution in [2.45, 2.75) is 12.0 Å². The number of ether oxygens (including phenoxy) is 3. The molecule has 3 aliphatic heterocycles. The highest BCUT2D eigenvalue weighted by Gasteiger charge is 2.57. The van der Waals surface area contributed by atoms with Crippen molar-refractivity contribution >= 4 is 11.6 Å². The average molecular weight is 401 g/mol. The van der Waals surface area contributed by atoms with Crippen LogP contribution in [0.3, 0.4) is 0 Å². The third-order valence-corrected chi connectivity index (χ3v) is 6.09. The first-order valence-corrected chi connectivity index (χ1v) is 9.93. The summed E-state index contributed by atoms with van der Waals surface area (Å²) in [5.41, 5.74) is 2.66. The van der Waals surface area contributed by atoms with E-state index < -0.39 is 5.41 Å². The number of aromatic hydroxyl groups is 1. The quantitative estimate of drug-likeness (QED) is 0.713. The highest BCUT2D eigenvalue weighted by Crippen LogP contribution is 2.54. The molecule has 0 aliphatic carbocycles. The van der Waals surface area contributed by atoms with Gasteiger partial charge in [-0.3, -0.25) is 4.79 Å². The fourth-order valence-corrected chi connectivity index (χ4v) is 4.65. The van der Waals surface area contributed by atoms with Crippen LogP contribution < -0.4 is 19.1 Å². The van der Waals surface area contributed by atoms with Crippen LogP contribution in [-0.4, -0.2) is 30.8 Å². The molecule has 6 heteroatoms. The van der Waals surface area contributed by atoms with Crippen LogP contribution >= 0.6 is 0 Å². The van der Waals surface area contributed by atoms with Crippen molar-refractivity contribution in [3.63, 3.8) is 0 Å². The molecule has 0 bridgehead atoms. The number of hydrogen-bond donors (Lipinski definition) is 1. The smallest absolute Gasteiger partial charge is 0.246 e. The summed E-state index contributed by atoms with van der Waals surface area (Å²) >= 11 is 0. The maximum absolute atomic E-state index is 13.9. The minimum absolute atomic E-state index is 0.0211. The number of carbonyl (C=O) groups excluding carboxylic acids is 1. The first-order valence-electron chi connectivity index (χ1n) is 9.93. The molecule has 6 nitrogen and oxygen atoms in total. The predicted molar refractivity (Wildman–Crippen MR) is 109 cm³/mol. The van der Waals surface area contributed by atoms with Crippen molar-refractivity contribution in [2.75, 3.05) is 24.7 Å². The van der Waals surface area contributed by atoms with E-state index in [0.29, 0.717) is 37.0 Å². The molecule has 0 radical (unpaired) electrons. The maximum atomic E-state index is 13.9. The van der Waals surface area contributed by atoms with Gasteiger partial charge in [0.1, 0.15) is 36.7 Å². The lowest BCUT2D eigenvalue weighted by atomic mass is 9.77. The number of benzene rings is 3. The van der Waals surface area contributed by atoms with Crippen LogP contribution in [0.4, 0.5) is 5.69 Å². The van der Waals surface area contributed by atoms with E-state index in [0.717, 1.165) is 22.4 Å². The molecule has 6 rings (SSSR count). The normalized spacial score (nSPS) is 20.8. The van der Waals surface area contributed by atoms with Gasteiger partial charge in [-0.05, 0) is 35.4 Å². The topological polar surface area (TPSA) is 68.2 Å². The highest BCUT2D eigenvalue weighted by molar-refractivity contribution is 6.11. The fourth-order valence-electron chi connectivity index (χ4n) is 4.65. The zero-order chi connectivity index (χ0) is 20.3. The monoisotopic (exact) mass is 401 g/mol. The van der Waals surface area contributed by atoms with Crippen LogP contribution in [0, 0.1) is 0 Å². The van der Waals surface area contributed by atoms with Crippen molar-refractivity contribution < 1.29 is 24.1 Å². The molecule has 1 unspecified atom stereocenters. The molecular weight excluding hydrogens is 382 g/mol. The fraction of sp³-hybridized carbons (Fsp3) is 0.208. The molecule has 0 aromatic heterocycles. The van der Waals surface area contributed by atoms with Gasteiger partial charge in [0.05, 0.1) is 6.54 Å². The number of fused-ring (bicyclic) bond motifs is 5. The van der Waals surface area contributed by atoms with Crippen LogP contribution in [0.1, 0.15) is 16.7 Å². The van der Waals surface area contributed by atoms with E-state index in [4.69, 9.17) is 14.2 Å². The van der Waals surface area contributed by atoms with E-state index >= 15 is 0 Å². The number of nitrogens with zero attached hydrogens (tertiary/aromatic N) is 1. The van der Waals surface area contributed by atoms with Gasteiger partial charge in [-0.2, -0.15) is 0 Å². The minimum Gasteiger partial charge on any atom is -0.508 e. The van der Waals surface area contributed by atoms with Gasteiger partial charge in [0, 0.05) is 17.3 Å². The Morgan fingerprint density at radius 1 is 0.867 bits per heavy atom. The first-order chi connectivity index (χ1) is 14.7. The largest absolute Gasteiger partial charge is 0.508 e. The summed E-state index contributed by atoms with van der Waals surface area (Å²) in [4.78, 5) is 15.7. The van der Waals surface area contributed by atoms with Gasteiger partial charge >= 0.3 is 0 Å².